The highest BCUT2D eigenvalue weighted by molar-refractivity contribution is 6.32. The molecular weight excluding hydrogens is 471 g/mol. The summed E-state index contributed by atoms with van der Waals surface area (Å²) in [6.45, 7) is 0.0347. The highest BCUT2D eigenvalue weighted by Crippen LogP contribution is 2.36. The fraction of sp³-hybridized carbons (Fsp3) is 0.0455. The Hall–Kier alpha value is -3.95. The van der Waals surface area contributed by atoms with Crippen LogP contribution in [0.25, 0.3) is 10.9 Å². The third-order valence-electron chi connectivity index (χ3n) is 4.65. The van der Waals surface area contributed by atoms with E-state index in [0.29, 0.717) is 15.2 Å². The number of nitro benzene ring substituents is 1. The number of ether oxygens (including phenoxy) is 1. The van der Waals surface area contributed by atoms with Gasteiger partial charge in [-0.15, -0.1) is 4.68 Å². The van der Waals surface area contributed by atoms with Crippen LogP contribution in [0, 0.1) is 10.1 Å². The number of halogens is 2. The van der Waals surface area contributed by atoms with Gasteiger partial charge in [-0.2, -0.15) is 5.10 Å². The van der Waals surface area contributed by atoms with Gasteiger partial charge >= 0.3 is 11.4 Å². The molecule has 0 aliphatic carbocycles. The van der Waals surface area contributed by atoms with Crippen molar-refractivity contribution in [2.45, 2.75) is 6.61 Å². The molecule has 0 fully saturated rings. The van der Waals surface area contributed by atoms with Gasteiger partial charge < -0.3 is 9.72 Å². The van der Waals surface area contributed by atoms with Crippen molar-refractivity contribution in [1.29, 1.82) is 0 Å². The molecule has 3 aromatic carbocycles. The molecule has 1 aromatic heterocycles. The van der Waals surface area contributed by atoms with E-state index >= 15 is 0 Å². The third kappa shape index (κ3) is 4.79. The minimum Gasteiger partial charge on any atom is -0.481 e. The summed E-state index contributed by atoms with van der Waals surface area (Å²) >= 11 is 12.1. The number of H-pyrrole nitrogens is 1. The fourth-order valence-electron chi connectivity index (χ4n) is 3.07. The molecule has 4 rings (SSSR count). The van der Waals surface area contributed by atoms with Gasteiger partial charge in [0, 0.05) is 16.7 Å². The number of aromatic nitrogens is 2. The minimum absolute atomic E-state index is 0.0284. The van der Waals surface area contributed by atoms with Gasteiger partial charge in [-0.3, -0.25) is 14.9 Å². The average molecular weight is 485 g/mol. The van der Waals surface area contributed by atoms with Crippen LogP contribution in [0.2, 0.25) is 10.0 Å². The number of benzene rings is 3. The highest BCUT2D eigenvalue weighted by atomic mass is 35.5. The molecule has 0 spiro atoms. The van der Waals surface area contributed by atoms with E-state index < -0.39 is 21.9 Å². The maximum atomic E-state index is 12.6. The Morgan fingerprint density at radius 2 is 1.82 bits per heavy atom. The van der Waals surface area contributed by atoms with Crippen molar-refractivity contribution in [3.63, 3.8) is 0 Å². The largest absolute Gasteiger partial charge is 0.481 e. The number of hydrogen-bond donors (Lipinski definition) is 1. The van der Waals surface area contributed by atoms with E-state index in [1.807, 2.05) is 0 Å². The lowest BCUT2D eigenvalue weighted by Crippen LogP contribution is -2.32. The summed E-state index contributed by atoms with van der Waals surface area (Å²) in [5, 5.41) is 16.3. The van der Waals surface area contributed by atoms with Crippen molar-refractivity contribution in [1.82, 2.24) is 9.66 Å². The van der Waals surface area contributed by atoms with Crippen molar-refractivity contribution in [2.24, 2.45) is 5.10 Å². The molecule has 1 heterocycles. The number of nitrogens with zero attached hydrogens (tertiary/aromatic N) is 3. The maximum absolute atomic E-state index is 12.6. The lowest BCUT2D eigenvalue weighted by atomic mass is 10.2. The van der Waals surface area contributed by atoms with Crippen LogP contribution >= 0.6 is 23.2 Å². The summed E-state index contributed by atoms with van der Waals surface area (Å²) in [7, 11) is 0. The van der Waals surface area contributed by atoms with Gasteiger partial charge in [0.1, 0.15) is 6.61 Å². The van der Waals surface area contributed by atoms with Gasteiger partial charge in [0.25, 0.3) is 5.56 Å². The van der Waals surface area contributed by atoms with Gasteiger partial charge in [-0.05, 0) is 35.9 Å². The van der Waals surface area contributed by atoms with Crippen LogP contribution in [-0.2, 0) is 6.61 Å². The Bertz CT molecular complexity index is 1510. The van der Waals surface area contributed by atoms with Gasteiger partial charge in [0.15, 0.2) is 0 Å². The van der Waals surface area contributed by atoms with Crippen LogP contribution in [0.5, 0.6) is 5.75 Å². The zero-order chi connectivity index (χ0) is 23.5. The smallest absolute Gasteiger partial charge is 0.349 e. The summed E-state index contributed by atoms with van der Waals surface area (Å²) in [6, 6.07) is 15.8. The van der Waals surface area contributed by atoms with Crippen LogP contribution in [0.1, 0.15) is 11.1 Å². The molecule has 0 bridgehead atoms. The molecule has 0 unspecified atom stereocenters. The Balaban J connectivity index is 1.67. The number of rotatable bonds is 6. The van der Waals surface area contributed by atoms with Crippen molar-refractivity contribution < 1.29 is 9.66 Å². The first-order chi connectivity index (χ1) is 15.8. The molecule has 33 heavy (non-hydrogen) atoms. The minimum atomic E-state index is -0.751. The first-order valence-corrected chi connectivity index (χ1v) is 10.2. The molecule has 166 valence electrons. The molecule has 0 amide bonds. The van der Waals surface area contributed by atoms with Crippen LogP contribution in [0.4, 0.5) is 5.69 Å². The van der Waals surface area contributed by atoms with Gasteiger partial charge in [0.2, 0.25) is 5.75 Å². The first-order valence-electron chi connectivity index (χ1n) is 9.47. The van der Waals surface area contributed by atoms with E-state index in [1.54, 1.807) is 48.5 Å². The number of para-hydroxylation sites is 1. The Kier molecular flexibility index (Phi) is 6.25. The van der Waals surface area contributed by atoms with E-state index in [1.165, 1.54) is 12.1 Å². The van der Waals surface area contributed by atoms with Crippen molar-refractivity contribution in [3.8, 4) is 5.75 Å². The third-order valence-corrected chi connectivity index (χ3v) is 5.18. The van der Waals surface area contributed by atoms with Gasteiger partial charge in [-0.25, -0.2) is 4.79 Å². The Morgan fingerprint density at radius 3 is 2.55 bits per heavy atom. The molecule has 0 saturated carbocycles. The second-order valence-corrected chi connectivity index (χ2v) is 7.70. The van der Waals surface area contributed by atoms with Crippen LogP contribution in [0.3, 0.4) is 0 Å². The average Bonchev–Trinajstić information content (AvgIpc) is 2.79. The van der Waals surface area contributed by atoms with Crippen LogP contribution in [-0.4, -0.2) is 20.8 Å². The van der Waals surface area contributed by atoms with E-state index in [0.717, 1.165) is 11.8 Å². The number of fused-ring (bicyclic) bond motifs is 1. The van der Waals surface area contributed by atoms with Crippen LogP contribution in [0.15, 0.2) is 75.4 Å². The van der Waals surface area contributed by atoms with Crippen molar-refractivity contribution in [3.05, 3.63) is 113 Å². The number of hydrogen-bond acceptors (Lipinski definition) is 6. The number of aromatic amines is 1. The summed E-state index contributed by atoms with van der Waals surface area (Å²) in [5.74, 6) is -0.116. The molecular formula is C22H14Cl2N4O5. The van der Waals surface area contributed by atoms with Crippen molar-refractivity contribution >= 4 is 46.0 Å². The lowest BCUT2D eigenvalue weighted by Gasteiger charge is -2.10. The predicted molar refractivity (Wildman–Crippen MR) is 126 cm³/mol. The summed E-state index contributed by atoms with van der Waals surface area (Å²) in [4.78, 5) is 38.3. The second-order valence-electron chi connectivity index (χ2n) is 6.86. The first kappa shape index (κ1) is 22.3. The zero-order valence-electron chi connectivity index (χ0n) is 16.7. The molecule has 0 saturated heterocycles. The maximum Gasteiger partial charge on any atom is 0.349 e. The molecule has 0 aliphatic heterocycles. The summed E-state index contributed by atoms with van der Waals surface area (Å²) in [5.41, 5.74) is -0.458. The van der Waals surface area contributed by atoms with Crippen molar-refractivity contribution in [2.75, 3.05) is 0 Å². The summed E-state index contributed by atoms with van der Waals surface area (Å²) in [6.07, 6.45) is 1.13. The molecule has 0 radical (unpaired) electrons. The molecule has 0 atom stereocenters. The fourth-order valence-corrected chi connectivity index (χ4v) is 3.47. The van der Waals surface area contributed by atoms with Gasteiger partial charge in [-0.1, -0.05) is 47.5 Å². The van der Waals surface area contributed by atoms with Crippen LogP contribution < -0.4 is 16.0 Å². The zero-order valence-corrected chi connectivity index (χ0v) is 18.2. The quantitative estimate of drug-likeness (QED) is 0.247. The molecule has 4 aromatic rings. The van der Waals surface area contributed by atoms with E-state index in [9.17, 15) is 19.7 Å². The molecule has 0 aliphatic rings. The summed E-state index contributed by atoms with van der Waals surface area (Å²) < 4.78 is 6.22. The molecule has 1 N–H and O–H groups in total. The van der Waals surface area contributed by atoms with E-state index in [-0.39, 0.29) is 28.3 Å². The predicted octanol–water partition coefficient (Wildman–Crippen LogP) is 4.37. The van der Waals surface area contributed by atoms with Gasteiger partial charge in [0.05, 0.1) is 27.1 Å². The standard InChI is InChI=1S/C22H14Cl2N4O5/c23-15-7-5-13(6-8-15)12-33-20-17(24)9-14(10-19(20)28(31)32)11-25-27-21(29)16-3-1-2-4-18(16)26-22(27)30/h1-11H,12H2,(H,26,30). The molecule has 9 nitrogen and oxygen atoms in total. The topological polar surface area (TPSA) is 120 Å². The normalized spacial score (nSPS) is 11.2. The van der Waals surface area contributed by atoms with E-state index in [4.69, 9.17) is 27.9 Å². The van der Waals surface area contributed by atoms with E-state index in [2.05, 4.69) is 10.1 Å². The SMILES string of the molecule is O=c1[nH]c2ccccc2c(=O)n1N=Cc1cc(Cl)c(OCc2ccc(Cl)cc2)c([N+](=O)[O-])c1. The number of nitro groups is 1. The molecule has 11 heteroatoms. The second kappa shape index (κ2) is 9.27. The lowest BCUT2D eigenvalue weighted by molar-refractivity contribution is -0.385. The Labute approximate surface area is 195 Å². The highest BCUT2D eigenvalue weighted by Gasteiger charge is 2.20. The Morgan fingerprint density at radius 1 is 1.09 bits per heavy atom. The monoisotopic (exact) mass is 484 g/mol. The number of nitrogens with one attached hydrogen (secondary N) is 1.